The van der Waals surface area contributed by atoms with Gasteiger partial charge < -0.3 is 24.8 Å². The standard InChI is InChI=1S/C24H33N3O3.HI/c1-5-25-24(26-12-11-19-7-6-8-21(29-4)23(19)28)27-13-14-30-22(16-27)20-10-9-17(2)15-18(20)3;/h6-10,15,22,28H,5,11-14,16H2,1-4H3,(H,25,26);1H. The minimum atomic E-state index is 0. The Morgan fingerprint density at radius 2 is 2.10 bits per heavy atom. The van der Waals surface area contributed by atoms with Gasteiger partial charge >= 0.3 is 0 Å². The molecular weight excluding hydrogens is 505 g/mol. The Kier molecular flexibility index (Phi) is 9.90. The van der Waals surface area contributed by atoms with Crippen LogP contribution >= 0.6 is 24.0 Å². The molecule has 1 fully saturated rings. The fourth-order valence-electron chi connectivity index (χ4n) is 3.86. The Morgan fingerprint density at radius 1 is 1.29 bits per heavy atom. The lowest BCUT2D eigenvalue weighted by molar-refractivity contribution is -0.00832. The van der Waals surface area contributed by atoms with Crippen LogP contribution in [0.4, 0.5) is 0 Å². The van der Waals surface area contributed by atoms with Crippen LogP contribution in [-0.2, 0) is 11.2 Å². The van der Waals surface area contributed by atoms with Gasteiger partial charge in [-0.3, -0.25) is 4.99 Å². The van der Waals surface area contributed by atoms with Crippen molar-refractivity contribution in [1.29, 1.82) is 0 Å². The number of nitrogens with zero attached hydrogens (tertiary/aromatic N) is 2. The van der Waals surface area contributed by atoms with Gasteiger partial charge in [0.1, 0.15) is 6.10 Å². The molecule has 1 heterocycles. The Morgan fingerprint density at radius 3 is 2.81 bits per heavy atom. The lowest BCUT2D eigenvalue weighted by Crippen LogP contribution is -2.48. The molecule has 0 saturated carbocycles. The average Bonchev–Trinajstić information content (AvgIpc) is 2.74. The molecule has 31 heavy (non-hydrogen) atoms. The minimum absolute atomic E-state index is 0. The zero-order valence-corrected chi connectivity index (χ0v) is 21.2. The third kappa shape index (κ3) is 6.49. The maximum atomic E-state index is 10.3. The van der Waals surface area contributed by atoms with Gasteiger partial charge in [0, 0.05) is 19.6 Å². The normalized spacial score (nSPS) is 16.6. The van der Waals surface area contributed by atoms with Crippen LogP contribution in [0, 0.1) is 13.8 Å². The highest BCUT2D eigenvalue weighted by molar-refractivity contribution is 14.0. The number of hydrogen-bond donors (Lipinski definition) is 2. The van der Waals surface area contributed by atoms with Crippen molar-refractivity contribution < 1.29 is 14.6 Å². The minimum Gasteiger partial charge on any atom is -0.504 e. The van der Waals surface area contributed by atoms with Crippen molar-refractivity contribution in [2.75, 3.05) is 39.9 Å². The lowest BCUT2D eigenvalue weighted by Gasteiger charge is -2.36. The first-order valence-corrected chi connectivity index (χ1v) is 10.6. The predicted molar refractivity (Wildman–Crippen MR) is 136 cm³/mol. The van der Waals surface area contributed by atoms with Gasteiger partial charge in [-0.1, -0.05) is 35.9 Å². The van der Waals surface area contributed by atoms with E-state index in [9.17, 15) is 5.11 Å². The molecule has 0 amide bonds. The molecule has 1 unspecified atom stereocenters. The van der Waals surface area contributed by atoms with Crippen molar-refractivity contribution >= 4 is 29.9 Å². The lowest BCUT2D eigenvalue weighted by atomic mass is 10.00. The third-order valence-electron chi connectivity index (χ3n) is 5.42. The molecule has 6 nitrogen and oxygen atoms in total. The number of guanidine groups is 1. The zero-order chi connectivity index (χ0) is 21.5. The summed E-state index contributed by atoms with van der Waals surface area (Å²) in [4.78, 5) is 7.08. The van der Waals surface area contributed by atoms with E-state index in [2.05, 4.69) is 49.2 Å². The smallest absolute Gasteiger partial charge is 0.194 e. The van der Waals surface area contributed by atoms with Crippen molar-refractivity contribution in [2.24, 2.45) is 4.99 Å². The van der Waals surface area contributed by atoms with Gasteiger partial charge in [0.2, 0.25) is 0 Å². The van der Waals surface area contributed by atoms with Gasteiger partial charge in [-0.2, -0.15) is 0 Å². The van der Waals surface area contributed by atoms with Crippen LogP contribution in [-0.4, -0.2) is 55.9 Å². The van der Waals surface area contributed by atoms with Gasteiger partial charge in [0.25, 0.3) is 0 Å². The number of halogens is 1. The summed E-state index contributed by atoms with van der Waals surface area (Å²) >= 11 is 0. The fourth-order valence-corrected chi connectivity index (χ4v) is 3.86. The van der Waals surface area contributed by atoms with E-state index in [1.807, 2.05) is 12.1 Å². The first-order chi connectivity index (χ1) is 14.5. The van der Waals surface area contributed by atoms with E-state index < -0.39 is 0 Å². The summed E-state index contributed by atoms with van der Waals surface area (Å²) < 4.78 is 11.3. The van der Waals surface area contributed by atoms with Crippen molar-refractivity contribution in [2.45, 2.75) is 33.3 Å². The highest BCUT2D eigenvalue weighted by atomic mass is 127. The van der Waals surface area contributed by atoms with Gasteiger partial charge in [-0.05, 0) is 49.9 Å². The molecule has 7 heteroatoms. The van der Waals surface area contributed by atoms with Crippen LogP contribution in [0.5, 0.6) is 11.5 Å². The van der Waals surface area contributed by atoms with Crippen LogP contribution in [0.3, 0.4) is 0 Å². The van der Waals surface area contributed by atoms with Crippen LogP contribution < -0.4 is 10.1 Å². The summed E-state index contributed by atoms with van der Waals surface area (Å²) in [6.45, 7) is 9.94. The molecule has 1 saturated heterocycles. The molecule has 0 bridgehead atoms. The highest BCUT2D eigenvalue weighted by Gasteiger charge is 2.25. The number of phenols is 1. The number of para-hydroxylation sites is 1. The number of hydrogen-bond acceptors (Lipinski definition) is 4. The molecule has 2 aromatic rings. The third-order valence-corrected chi connectivity index (χ3v) is 5.42. The fraction of sp³-hybridized carbons (Fsp3) is 0.458. The number of methoxy groups -OCH3 is 1. The molecule has 0 aliphatic carbocycles. The summed E-state index contributed by atoms with van der Waals surface area (Å²) in [5.74, 6) is 1.58. The second-order valence-electron chi connectivity index (χ2n) is 7.62. The zero-order valence-electron chi connectivity index (χ0n) is 18.9. The molecule has 2 aromatic carbocycles. The van der Waals surface area contributed by atoms with Crippen LogP contribution in [0.25, 0.3) is 0 Å². The summed E-state index contributed by atoms with van der Waals surface area (Å²) in [5, 5.41) is 13.7. The topological polar surface area (TPSA) is 66.3 Å². The molecule has 0 radical (unpaired) electrons. The number of nitrogens with one attached hydrogen (secondary N) is 1. The quantitative estimate of drug-likeness (QED) is 0.327. The van der Waals surface area contributed by atoms with Gasteiger partial charge in [0.15, 0.2) is 17.5 Å². The Hall–Kier alpha value is -2.00. The van der Waals surface area contributed by atoms with Crippen LogP contribution in [0.1, 0.15) is 35.3 Å². The number of benzene rings is 2. The molecule has 1 aliphatic heterocycles. The second-order valence-corrected chi connectivity index (χ2v) is 7.62. The van der Waals surface area contributed by atoms with E-state index in [0.29, 0.717) is 25.3 Å². The van der Waals surface area contributed by atoms with Gasteiger partial charge in [-0.25, -0.2) is 0 Å². The van der Waals surface area contributed by atoms with E-state index >= 15 is 0 Å². The van der Waals surface area contributed by atoms with Crippen LogP contribution in [0.15, 0.2) is 41.4 Å². The SMILES string of the molecule is CCNC(=NCCc1cccc(OC)c1O)N1CCOC(c2ccc(C)cc2C)C1.I. The molecule has 1 atom stereocenters. The van der Waals surface area contributed by atoms with E-state index in [0.717, 1.165) is 31.2 Å². The molecule has 3 rings (SSSR count). The number of morpholine rings is 1. The van der Waals surface area contributed by atoms with Gasteiger partial charge in [-0.15, -0.1) is 24.0 Å². The molecule has 1 aliphatic rings. The largest absolute Gasteiger partial charge is 0.504 e. The Labute approximate surface area is 202 Å². The summed E-state index contributed by atoms with van der Waals surface area (Å²) in [6.07, 6.45) is 0.675. The second kappa shape index (κ2) is 12.1. The number of phenolic OH excluding ortho intramolecular Hbond substituents is 1. The molecule has 0 aromatic heterocycles. The number of aliphatic imine (C=N–C) groups is 1. The first kappa shape index (κ1) is 25.3. The van der Waals surface area contributed by atoms with E-state index in [-0.39, 0.29) is 35.8 Å². The van der Waals surface area contributed by atoms with Crippen molar-refractivity contribution in [3.8, 4) is 11.5 Å². The molecule has 170 valence electrons. The first-order valence-electron chi connectivity index (χ1n) is 10.6. The highest BCUT2D eigenvalue weighted by Crippen LogP contribution is 2.30. The number of rotatable bonds is 6. The summed E-state index contributed by atoms with van der Waals surface area (Å²) in [5.41, 5.74) is 4.60. The number of ether oxygens (including phenoxy) is 2. The van der Waals surface area contributed by atoms with Crippen molar-refractivity contribution in [1.82, 2.24) is 10.2 Å². The monoisotopic (exact) mass is 539 g/mol. The maximum absolute atomic E-state index is 10.3. The Balaban J connectivity index is 0.00000341. The number of aromatic hydroxyl groups is 1. The summed E-state index contributed by atoms with van der Waals surface area (Å²) in [7, 11) is 1.56. The van der Waals surface area contributed by atoms with Crippen molar-refractivity contribution in [3.63, 3.8) is 0 Å². The maximum Gasteiger partial charge on any atom is 0.194 e. The van der Waals surface area contributed by atoms with E-state index in [1.165, 1.54) is 16.7 Å². The molecule has 2 N–H and O–H groups in total. The van der Waals surface area contributed by atoms with Gasteiger partial charge in [0.05, 0.1) is 20.3 Å². The Bertz CT molecular complexity index is 888. The molecule has 0 spiro atoms. The predicted octanol–water partition coefficient (Wildman–Crippen LogP) is 4.22. The van der Waals surface area contributed by atoms with E-state index in [1.54, 1.807) is 13.2 Å². The van der Waals surface area contributed by atoms with Crippen LogP contribution in [0.2, 0.25) is 0 Å². The van der Waals surface area contributed by atoms with E-state index in [4.69, 9.17) is 14.5 Å². The number of aryl methyl sites for hydroxylation is 2. The molecular formula is C24H34IN3O3. The average molecular weight is 539 g/mol. The summed E-state index contributed by atoms with van der Waals surface area (Å²) in [6, 6.07) is 12.1. The van der Waals surface area contributed by atoms with Crippen molar-refractivity contribution in [3.05, 3.63) is 58.7 Å².